The molecule has 14 heteroatoms. The highest BCUT2D eigenvalue weighted by Crippen LogP contribution is 2.42. The summed E-state index contributed by atoms with van der Waals surface area (Å²) in [5, 5.41) is 20.9. The quantitative estimate of drug-likeness (QED) is 0.147. The van der Waals surface area contributed by atoms with E-state index in [4.69, 9.17) is 34.1 Å². The Bertz CT molecular complexity index is 2350. The van der Waals surface area contributed by atoms with Crippen LogP contribution < -0.4 is 24.0 Å². The van der Waals surface area contributed by atoms with E-state index in [1.807, 2.05) is 56.1 Å². The predicted molar refractivity (Wildman–Crippen MR) is 217 cm³/mol. The molecule has 12 nitrogen and oxygen atoms in total. The van der Waals surface area contributed by atoms with Crippen LogP contribution in [0.2, 0.25) is 0 Å². The third-order valence-electron chi connectivity index (χ3n) is 9.56. The van der Waals surface area contributed by atoms with Crippen molar-refractivity contribution in [2.75, 3.05) is 77.9 Å². The topological polar surface area (TPSA) is 137 Å². The van der Waals surface area contributed by atoms with Crippen LogP contribution in [0.1, 0.15) is 39.2 Å². The number of piperazine rings is 1. The average Bonchev–Trinajstić information content (AvgIpc) is 3.71. The van der Waals surface area contributed by atoms with Gasteiger partial charge in [0.2, 0.25) is 5.75 Å². The number of aromatic nitrogens is 4. The summed E-state index contributed by atoms with van der Waals surface area (Å²) in [6.07, 6.45) is 0.705. The van der Waals surface area contributed by atoms with E-state index >= 15 is 0 Å². The fourth-order valence-corrected chi connectivity index (χ4v) is 8.33. The minimum atomic E-state index is 0.513. The molecule has 7 rings (SSSR count). The summed E-state index contributed by atoms with van der Waals surface area (Å²) in [6, 6.07) is 18.5. The monoisotopic (exact) mass is 761 g/mol. The molecule has 1 aliphatic heterocycles. The van der Waals surface area contributed by atoms with Gasteiger partial charge in [0.1, 0.15) is 49.0 Å². The number of hydrogen-bond donors (Lipinski definition) is 0. The van der Waals surface area contributed by atoms with E-state index in [0.29, 0.717) is 34.4 Å². The van der Waals surface area contributed by atoms with Gasteiger partial charge < -0.3 is 28.9 Å². The minimum Gasteiger partial charge on any atom is -0.493 e. The van der Waals surface area contributed by atoms with Crippen LogP contribution in [-0.2, 0) is 6.42 Å². The van der Waals surface area contributed by atoms with Crippen molar-refractivity contribution in [2.24, 2.45) is 0 Å². The molecular formula is C40H43N9O3S2. The van der Waals surface area contributed by atoms with Crippen LogP contribution in [0, 0.1) is 36.5 Å². The van der Waals surface area contributed by atoms with Gasteiger partial charge in [-0.15, -0.1) is 22.7 Å². The van der Waals surface area contributed by atoms with Crippen molar-refractivity contribution in [3.63, 3.8) is 0 Å². The van der Waals surface area contributed by atoms with Gasteiger partial charge in [-0.2, -0.15) is 10.5 Å². The predicted octanol–water partition coefficient (Wildman–Crippen LogP) is 7.23. The van der Waals surface area contributed by atoms with Crippen molar-refractivity contribution < 1.29 is 14.2 Å². The Morgan fingerprint density at radius 2 is 1.39 bits per heavy atom. The Morgan fingerprint density at radius 3 is 1.94 bits per heavy atom. The Balaban J connectivity index is 0.000000185. The highest BCUT2D eigenvalue weighted by atomic mass is 32.1. The van der Waals surface area contributed by atoms with Gasteiger partial charge >= 0.3 is 0 Å². The maximum atomic E-state index is 9.45. The number of hydrogen-bond acceptors (Lipinski definition) is 14. The Morgan fingerprint density at radius 1 is 0.796 bits per heavy atom. The van der Waals surface area contributed by atoms with Crippen molar-refractivity contribution in [2.45, 2.75) is 27.2 Å². The van der Waals surface area contributed by atoms with E-state index in [1.165, 1.54) is 28.2 Å². The van der Waals surface area contributed by atoms with Gasteiger partial charge in [-0.3, -0.25) is 0 Å². The SMILES string of the molecule is CCN(C)c1nc(-c2cc(OC)c(OC)c(OC)c2)nc2sc(C#N)c(C)c12.Cc1c(C#N)sc2nc(Cc3ccccc3)nc(N3CCN(C)CC3)c12. The fourth-order valence-electron chi connectivity index (χ4n) is 6.36. The minimum absolute atomic E-state index is 0.513. The molecule has 5 heterocycles. The number of aryl methyl sites for hydroxylation is 2. The molecule has 0 radical (unpaired) electrons. The van der Waals surface area contributed by atoms with Crippen molar-refractivity contribution in [1.29, 1.82) is 10.5 Å². The van der Waals surface area contributed by atoms with E-state index in [0.717, 1.165) is 92.2 Å². The first-order chi connectivity index (χ1) is 26.1. The first-order valence-electron chi connectivity index (χ1n) is 17.5. The molecule has 4 aromatic heterocycles. The van der Waals surface area contributed by atoms with Crippen molar-refractivity contribution >= 4 is 54.7 Å². The number of fused-ring (bicyclic) bond motifs is 2. The summed E-state index contributed by atoms with van der Waals surface area (Å²) in [7, 11) is 8.84. The van der Waals surface area contributed by atoms with Crippen LogP contribution in [0.25, 0.3) is 31.8 Å². The standard InChI is InChI=1S/C20H21N5S.C20H22N4O3S/c1-14-16(13-21)26-20-18(14)19(25-10-8-24(2)9-11-25)22-17(23-20)12-15-6-4-3-5-7-15;1-7-24(3)19-16-11(2)15(10-21)28-20(16)23-18(22-19)12-8-13(25-4)17(27-6)14(9-12)26-5/h3-7H,8-12H2,1-2H3;8-9H,7H2,1-6H3. The number of anilines is 2. The summed E-state index contributed by atoms with van der Waals surface area (Å²) >= 11 is 2.85. The van der Waals surface area contributed by atoms with Crippen LogP contribution >= 0.6 is 22.7 Å². The number of ether oxygens (including phenoxy) is 3. The van der Waals surface area contributed by atoms with Crippen molar-refractivity contribution in [1.82, 2.24) is 24.8 Å². The van der Waals surface area contributed by atoms with Gasteiger partial charge in [0, 0.05) is 51.8 Å². The first-order valence-corrected chi connectivity index (χ1v) is 19.2. The second-order valence-corrected chi connectivity index (χ2v) is 14.9. The van der Waals surface area contributed by atoms with Crippen LogP contribution in [0.15, 0.2) is 42.5 Å². The van der Waals surface area contributed by atoms with Gasteiger partial charge in [-0.25, -0.2) is 19.9 Å². The second-order valence-electron chi connectivity index (χ2n) is 12.9. The molecule has 0 bridgehead atoms. The van der Waals surface area contributed by atoms with E-state index in [1.54, 1.807) is 21.3 Å². The summed E-state index contributed by atoms with van der Waals surface area (Å²) in [4.78, 5) is 29.1. The lowest BCUT2D eigenvalue weighted by Crippen LogP contribution is -2.45. The molecule has 0 unspecified atom stereocenters. The van der Waals surface area contributed by atoms with Gasteiger partial charge in [0.25, 0.3) is 0 Å². The van der Waals surface area contributed by atoms with E-state index in [9.17, 15) is 10.5 Å². The normalized spacial score (nSPS) is 12.9. The maximum absolute atomic E-state index is 9.45. The molecule has 2 aromatic carbocycles. The average molecular weight is 762 g/mol. The van der Waals surface area contributed by atoms with Gasteiger partial charge in [0.15, 0.2) is 17.3 Å². The van der Waals surface area contributed by atoms with Gasteiger partial charge in [0.05, 0.1) is 32.1 Å². The molecule has 0 amide bonds. The first kappa shape index (κ1) is 38.2. The summed E-state index contributed by atoms with van der Waals surface area (Å²) in [5.41, 5.74) is 3.86. The second kappa shape index (κ2) is 16.6. The third-order valence-corrected chi connectivity index (χ3v) is 11.7. The number of methoxy groups -OCH3 is 3. The smallest absolute Gasteiger partial charge is 0.203 e. The molecule has 0 saturated carbocycles. The molecule has 278 valence electrons. The molecule has 0 N–H and O–H groups in total. The maximum Gasteiger partial charge on any atom is 0.203 e. The summed E-state index contributed by atoms with van der Waals surface area (Å²) in [5.74, 6) is 4.73. The number of rotatable bonds is 9. The van der Waals surface area contributed by atoms with Crippen LogP contribution in [0.3, 0.4) is 0 Å². The molecule has 0 aliphatic carbocycles. The molecule has 1 saturated heterocycles. The van der Waals surface area contributed by atoms with E-state index < -0.39 is 0 Å². The molecule has 0 spiro atoms. The number of benzene rings is 2. The highest BCUT2D eigenvalue weighted by Gasteiger charge is 2.24. The third kappa shape index (κ3) is 7.59. The molecule has 1 aliphatic rings. The van der Waals surface area contributed by atoms with Gasteiger partial charge in [-0.05, 0) is 56.6 Å². The Labute approximate surface area is 323 Å². The Kier molecular flexibility index (Phi) is 11.8. The van der Waals surface area contributed by atoms with Crippen LogP contribution in [0.5, 0.6) is 17.2 Å². The van der Waals surface area contributed by atoms with Crippen molar-refractivity contribution in [3.8, 4) is 40.8 Å². The van der Waals surface area contributed by atoms with Crippen molar-refractivity contribution in [3.05, 3.63) is 74.7 Å². The molecule has 54 heavy (non-hydrogen) atoms. The van der Waals surface area contributed by atoms with E-state index in [2.05, 4.69) is 48.0 Å². The highest BCUT2D eigenvalue weighted by molar-refractivity contribution is 7.19. The zero-order valence-electron chi connectivity index (χ0n) is 31.9. The number of likely N-dealkylation sites (N-methyl/N-ethyl adjacent to an activating group) is 1. The lowest BCUT2D eigenvalue weighted by molar-refractivity contribution is 0.312. The largest absolute Gasteiger partial charge is 0.493 e. The number of thiophene rings is 2. The fraction of sp³-hybridized carbons (Fsp3) is 0.350. The van der Waals surface area contributed by atoms with Crippen LogP contribution in [0.4, 0.5) is 11.6 Å². The number of nitriles is 2. The lowest BCUT2D eigenvalue weighted by atomic mass is 10.1. The number of nitrogens with zero attached hydrogens (tertiary/aromatic N) is 9. The van der Waals surface area contributed by atoms with E-state index in [-0.39, 0.29) is 0 Å². The van der Waals surface area contributed by atoms with Gasteiger partial charge in [-0.1, -0.05) is 30.3 Å². The zero-order valence-corrected chi connectivity index (χ0v) is 33.5. The molecular weight excluding hydrogens is 719 g/mol. The summed E-state index contributed by atoms with van der Waals surface area (Å²) < 4.78 is 16.3. The zero-order chi connectivity index (χ0) is 38.5. The lowest BCUT2D eigenvalue weighted by Gasteiger charge is -2.33. The molecule has 0 atom stereocenters. The molecule has 1 fully saturated rings. The Hall–Kier alpha value is -5.54. The van der Waals surface area contributed by atoms with Crippen LogP contribution in [-0.4, -0.2) is 93.0 Å². The molecule has 6 aromatic rings. The summed E-state index contributed by atoms with van der Waals surface area (Å²) in [6.45, 7) is 10.7.